The van der Waals surface area contributed by atoms with Crippen LogP contribution in [0.5, 0.6) is 11.5 Å². The molecule has 0 bridgehead atoms. The van der Waals surface area contributed by atoms with Crippen LogP contribution in [0, 0.1) is 0 Å². The number of benzene rings is 2. The van der Waals surface area contributed by atoms with Crippen LogP contribution in [0.15, 0.2) is 53.4 Å². The first kappa shape index (κ1) is 17.2. The summed E-state index contributed by atoms with van der Waals surface area (Å²) < 4.78 is 33.3. The fraction of sp³-hybridized carbons (Fsp3) is 0.294. The Hall–Kier alpha value is -1.60. The highest BCUT2D eigenvalue weighted by molar-refractivity contribution is 7.89. The van der Waals surface area contributed by atoms with Crippen LogP contribution in [-0.4, -0.2) is 27.5 Å². The van der Waals surface area contributed by atoms with Gasteiger partial charge in [0.05, 0.1) is 9.92 Å². The van der Waals surface area contributed by atoms with Crippen molar-refractivity contribution in [3.8, 4) is 11.5 Å². The molecule has 0 spiro atoms. The number of para-hydroxylation sites is 1. The number of halogens is 1. The van der Waals surface area contributed by atoms with Gasteiger partial charge < -0.3 is 10.1 Å². The molecule has 0 atom stereocenters. The summed E-state index contributed by atoms with van der Waals surface area (Å²) in [5, 5.41) is 3.71. The van der Waals surface area contributed by atoms with Crippen LogP contribution in [0.2, 0.25) is 5.02 Å². The van der Waals surface area contributed by atoms with E-state index in [4.69, 9.17) is 16.3 Å². The van der Waals surface area contributed by atoms with Crippen LogP contribution in [-0.2, 0) is 10.0 Å². The lowest BCUT2D eigenvalue weighted by molar-refractivity contribution is 0.427. The Morgan fingerprint density at radius 2 is 1.71 bits per heavy atom. The number of ether oxygens (including phenoxy) is 1. The van der Waals surface area contributed by atoms with Gasteiger partial charge in [-0.2, -0.15) is 0 Å². The van der Waals surface area contributed by atoms with Gasteiger partial charge in [-0.05, 0) is 62.3 Å². The molecule has 128 valence electrons. The van der Waals surface area contributed by atoms with E-state index >= 15 is 0 Å². The summed E-state index contributed by atoms with van der Waals surface area (Å²) in [5.74, 6) is 1.06. The monoisotopic (exact) mass is 366 g/mol. The van der Waals surface area contributed by atoms with E-state index in [1.165, 1.54) is 12.1 Å². The SMILES string of the molecule is O=S(=O)(NC1CCNCC1)c1ccc(Oc2ccccc2Cl)cc1. The molecule has 1 aliphatic heterocycles. The number of sulfonamides is 1. The Kier molecular flexibility index (Phi) is 5.40. The molecule has 0 saturated carbocycles. The highest BCUT2D eigenvalue weighted by Crippen LogP contribution is 2.29. The fourth-order valence-corrected chi connectivity index (χ4v) is 4.05. The van der Waals surface area contributed by atoms with Crippen molar-refractivity contribution in [3.63, 3.8) is 0 Å². The molecule has 2 aromatic carbocycles. The molecule has 0 unspecified atom stereocenters. The van der Waals surface area contributed by atoms with Gasteiger partial charge in [-0.15, -0.1) is 0 Å². The second kappa shape index (κ2) is 7.53. The highest BCUT2D eigenvalue weighted by Gasteiger charge is 2.21. The van der Waals surface area contributed by atoms with E-state index in [0.29, 0.717) is 16.5 Å². The first-order valence-corrected chi connectivity index (χ1v) is 9.66. The van der Waals surface area contributed by atoms with Gasteiger partial charge in [0.15, 0.2) is 0 Å². The molecule has 1 heterocycles. The number of hydrogen-bond donors (Lipinski definition) is 2. The summed E-state index contributed by atoms with van der Waals surface area (Å²) in [5.41, 5.74) is 0. The minimum absolute atomic E-state index is 0.0182. The van der Waals surface area contributed by atoms with Crippen molar-refractivity contribution in [3.05, 3.63) is 53.6 Å². The molecular weight excluding hydrogens is 348 g/mol. The Morgan fingerprint density at radius 1 is 1.04 bits per heavy atom. The second-order valence-corrected chi connectivity index (χ2v) is 7.77. The predicted octanol–water partition coefficient (Wildman–Crippen LogP) is 3.16. The Balaban J connectivity index is 1.70. The van der Waals surface area contributed by atoms with Crippen LogP contribution in [0.3, 0.4) is 0 Å². The molecule has 1 fully saturated rings. The zero-order valence-electron chi connectivity index (χ0n) is 13.0. The molecule has 0 aromatic heterocycles. The molecule has 5 nitrogen and oxygen atoms in total. The van der Waals surface area contributed by atoms with Crippen LogP contribution in [0.4, 0.5) is 0 Å². The van der Waals surface area contributed by atoms with Crippen molar-refractivity contribution in [2.75, 3.05) is 13.1 Å². The Bertz CT molecular complexity index is 788. The lowest BCUT2D eigenvalue weighted by Crippen LogP contribution is -2.42. The summed E-state index contributed by atoms with van der Waals surface area (Å²) in [6.07, 6.45) is 1.60. The van der Waals surface area contributed by atoms with Crippen molar-refractivity contribution >= 4 is 21.6 Å². The smallest absolute Gasteiger partial charge is 0.240 e. The molecular formula is C17H19ClN2O3S. The molecule has 0 amide bonds. The maximum Gasteiger partial charge on any atom is 0.240 e. The van der Waals surface area contributed by atoms with Gasteiger partial charge in [0.1, 0.15) is 11.5 Å². The van der Waals surface area contributed by atoms with Crippen molar-refractivity contribution in [1.29, 1.82) is 0 Å². The molecule has 7 heteroatoms. The minimum atomic E-state index is -3.52. The summed E-state index contributed by atoms with van der Waals surface area (Å²) >= 11 is 6.05. The van der Waals surface area contributed by atoms with Crippen LogP contribution >= 0.6 is 11.6 Å². The van der Waals surface area contributed by atoms with E-state index in [0.717, 1.165) is 25.9 Å². The molecule has 24 heavy (non-hydrogen) atoms. The number of rotatable bonds is 5. The Morgan fingerprint density at radius 3 is 2.38 bits per heavy atom. The fourth-order valence-electron chi connectivity index (χ4n) is 2.57. The maximum atomic E-state index is 12.4. The van der Waals surface area contributed by atoms with Crippen molar-refractivity contribution in [2.45, 2.75) is 23.8 Å². The highest BCUT2D eigenvalue weighted by atomic mass is 35.5. The van der Waals surface area contributed by atoms with Crippen LogP contribution < -0.4 is 14.8 Å². The topological polar surface area (TPSA) is 67.4 Å². The van der Waals surface area contributed by atoms with E-state index in [1.54, 1.807) is 24.3 Å². The molecule has 0 aliphatic carbocycles. The Labute approximate surface area is 147 Å². The van der Waals surface area contributed by atoms with E-state index in [1.807, 2.05) is 12.1 Å². The lowest BCUT2D eigenvalue weighted by atomic mass is 10.1. The van der Waals surface area contributed by atoms with E-state index < -0.39 is 10.0 Å². The number of nitrogens with one attached hydrogen (secondary N) is 2. The largest absolute Gasteiger partial charge is 0.456 e. The third-order valence-corrected chi connectivity index (χ3v) is 5.71. The summed E-state index contributed by atoms with van der Waals surface area (Å²) in [4.78, 5) is 0.229. The molecule has 2 aromatic rings. The maximum absolute atomic E-state index is 12.4. The van der Waals surface area contributed by atoms with Crippen molar-refractivity contribution < 1.29 is 13.2 Å². The van der Waals surface area contributed by atoms with Gasteiger partial charge in [0.25, 0.3) is 0 Å². The first-order valence-electron chi connectivity index (χ1n) is 7.80. The normalized spacial score (nSPS) is 16.0. The third kappa shape index (κ3) is 4.27. The van der Waals surface area contributed by atoms with E-state index in [2.05, 4.69) is 10.0 Å². The molecule has 1 saturated heterocycles. The molecule has 3 rings (SSSR count). The summed E-state index contributed by atoms with van der Waals surface area (Å²) in [6, 6.07) is 13.4. The second-order valence-electron chi connectivity index (χ2n) is 5.65. The van der Waals surface area contributed by atoms with Crippen LogP contribution in [0.25, 0.3) is 0 Å². The van der Waals surface area contributed by atoms with E-state index in [9.17, 15) is 8.42 Å². The van der Waals surface area contributed by atoms with Gasteiger partial charge >= 0.3 is 0 Å². The molecule has 2 N–H and O–H groups in total. The quantitative estimate of drug-likeness (QED) is 0.853. The number of hydrogen-bond acceptors (Lipinski definition) is 4. The zero-order chi connectivity index (χ0) is 17.0. The van der Waals surface area contributed by atoms with Gasteiger partial charge in [-0.25, -0.2) is 13.1 Å². The predicted molar refractivity (Wildman–Crippen MR) is 94.2 cm³/mol. The minimum Gasteiger partial charge on any atom is -0.456 e. The summed E-state index contributed by atoms with van der Waals surface area (Å²) in [7, 11) is -3.52. The first-order chi connectivity index (χ1) is 11.5. The standard InChI is InChI=1S/C17H19ClN2O3S/c18-16-3-1-2-4-17(16)23-14-5-7-15(8-6-14)24(21,22)20-13-9-11-19-12-10-13/h1-8,13,19-20H,9-12H2. The number of piperidine rings is 1. The molecule has 1 aliphatic rings. The van der Waals surface area contributed by atoms with Gasteiger partial charge in [-0.3, -0.25) is 0 Å². The van der Waals surface area contributed by atoms with Crippen molar-refractivity contribution in [2.24, 2.45) is 0 Å². The average Bonchev–Trinajstić information content (AvgIpc) is 2.58. The van der Waals surface area contributed by atoms with Gasteiger partial charge in [0, 0.05) is 6.04 Å². The van der Waals surface area contributed by atoms with Crippen molar-refractivity contribution in [1.82, 2.24) is 10.0 Å². The van der Waals surface area contributed by atoms with Gasteiger partial charge in [-0.1, -0.05) is 23.7 Å². The lowest BCUT2D eigenvalue weighted by Gasteiger charge is -2.23. The average molecular weight is 367 g/mol. The molecule has 0 radical (unpaired) electrons. The summed E-state index contributed by atoms with van der Waals surface area (Å²) in [6.45, 7) is 1.66. The van der Waals surface area contributed by atoms with Crippen LogP contribution in [0.1, 0.15) is 12.8 Å². The van der Waals surface area contributed by atoms with Gasteiger partial charge in [0.2, 0.25) is 10.0 Å². The third-order valence-electron chi connectivity index (χ3n) is 3.86. The zero-order valence-corrected chi connectivity index (χ0v) is 14.6. The van der Waals surface area contributed by atoms with E-state index in [-0.39, 0.29) is 10.9 Å².